The van der Waals surface area contributed by atoms with E-state index in [1.807, 2.05) is 0 Å². The number of carbonyl (C=O) groups excluding carboxylic acids is 1. The SMILES string of the molecule is O=C(O)c1ccccc1.O=C([O-])c1ccccc1.[Li+]. The number of rotatable bonds is 2. The summed E-state index contributed by atoms with van der Waals surface area (Å²) in [6.07, 6.45) is 0. The van der Waals surface area contributed by atoms with E-state index in [0.717, 1.165) is 0 Å². The first-order valence-electron chi connectivity index (χ1n) is 5.16. The molecule has 2 aromatic carbocycles. The standard InChI is InChI=1S/2C7H6O2.Li/c2*8-7(9)6-4-2-1-3-5-6;/h2*1-5H,(H,8,9);/q;;+1/p-1. The van der Waals surface area contributed by atoms with Gasteiger partial charge in [-0.05, 0) is 17.7 Å². The predicted molar refractivity (Wildman–Crippen MR) is 64.2 cm³/mol. The van der Waals surface area contributed by atoms with Crippen LogP contribution in [-0.2, 0) is 0 Å². The second kappa shape index (κ2) is 8.98. The summed E-state index contributed by atoms with van der Waals surface area (Å²) in [5, 5.41) is 18.5. The van der Waals surface area contributed by atoms with Crippen molar-refractivity contribution in [2.24, 2.45) is 0 Å². The Hall–Kier alpha value is -2.02. The molecule has 92 valence electrons. The fourth-order valence-corrected chi connectivity index (χ4v) is 1.15. The third kappa shape index (κ3) is 6.46. The fraction of sp³-hybridized carbons (Fsp3) is 0. The monoisotopic (exact) mass is 250 g/mol. The molecule has 4 nitrogen and oxygen atoms in total. The Labute approximate surface area is 122 Å². The molecule has 0 amide bonds. The van der Waals surface area contributed by atoms with Crippen molar-refractivity contribution in [3.63, 3.8) is 0 Å². The molecule has 2 aromatic rings. The van der Waals surface area contributed by atoms with Gasteiger partial charge >= 0.3 is 24.8 Å². The molecule has 0 bridgehead atoms. The van der Waals surface area contributed by atoms with Crippen molar-refractivity contribution in [1.82, 2.24) is 0 Å². The van der Waals surface area contributed by atoms with Gasteiger partial charge in [0.05, 0.1) is 11.5 Å². The molecular formula is C14H11LiO4. The van der Waals surface area contributed by atoms with Crippen LogP contribution in [0, 0.1) is 0 Å². The van der Waals surface area contributed by atoms with Crippen LogP contribution in [0.5, 0.6) is 0 Å². The van der Waals surface area contributed by atoms with Crippen LogP contribution in [0.25, 0.3) is 0 Å². The van der Waals surface area contributed by atoms with Gasteiger partial charge in [-0.1, -0.05) is 48.5 Å². The van der Waals surface area contributed by atoms with Crippen molar-refractivity contribution in [1.29, 1.82) is 0 Å². The summed E-state index contributed by atoms with van der Waals surface area (Å²) in [5.74, 6) is -2.01. The van der Waals surface area contributed by atoms with Gasteiger partial charge in [-0.2, -0.15) is 0 Å². The molecule has 0 saturated carbocycles. The van der Waals surface area contributed by atoms with Crippen LogP contribution in [0.4, 0.5) is 0 Å². The third-order valence-electron chi connectivity index (χ3n) is 2.03. The Bertz CT molecular complexity index is 462. The van der Waals surface area contributed by atoms with Gasteiger partial charge in [-0.3, -0.25) is 0 Å². The number of carboxylic acids is 2. The Morgan fingerprint density at radius 2 is 1.16 bits per heavy atom. The fourth-order valence-electron chi connectivity index (χ4n) is 1.15. The molecular weight excluding hydrogens is 239 g/mol. The van der Waals surface area contributed by atoms with Gasteiger partial charge < -0.3 is 15.0 Å². The maximum absolute atomic E-state index is 10.2. The molecule has 0 aliphatic carbocycles. The molecule has 0 unspecified atom stereocenters. The maximum atomic E-state index is 10.2. The molecule has 0 spiro atoms. The van der Waals surface area contributed by atoms with Crippen LogP contribution in [0.15, 0.2) is 60.7 Å². The molecule has 0 aromatic heterocycles. The molecule has 0 aliphatic rings. The smallest absolute Gasteiger partial charge is 0.545 e. The van der Waals surface area contributed by atoms with Gasteiger partial charge in [0.25, 0.3) is 0 Å². The zero-order valence-corrected chi connectivity index (χ0v) is 10.4. The summed E-state index contributed by atoms with van der Waals surface area (Å²) in [4.78, 5) is 20.3. The minimum atomic E-state index is -1.13. The predicted octanol–water partition coefficient (Wildman–Crippen LogP) is -1.56. The first kappa shape index (κ1) is 17.0. The first-order valence-corrected chi connectivity index (χ1v) is 5.16. The molecule has 5 heteroatoms. The summed E-state index contributed by atoms with van der Waals surface area (Å²) in [6, 6.07) is 16.4. The Morgan fingerprint density at radius 3 is 1.37 bits per heavy atom. The molecule has 0 atom stereocenters. The average Bonchev–Trinajstić information content (AvgIpc) is 2.41. The van der Waals surface area contributed by atoms with Crippen LogP contribution >= 0.6 is 0 Å². The largest absolute Gasteiger partial charge is 1.00 e. The number of hydrogen-bond acceptors (Lipinski definition) is 3. The van der Waals surface area contributed by atoms with Gasteiger partial charge in [-0.25, -0.2) is 4.79 Å². The maximum Gasteiger partial charge on any atom is 1.00 e. The summed E-state index contributed by atoms with van der Waals surface area (Å²) in [7, 11) is 0. The molecule has 2 rings (SSSR count). The van der Waals surface area contributed by atoms with Gasteiger partial charge in [0.2, 0.25) is 0 Å². The van der Waals surface area contributed by atoms with E-state index in [1.54, 1.807) is 48.5 Å². The number of benzene rings is 2. The van der Waals surface area contributed by atoms with E-state index < -0.39 is 11.9 Å². The number of aromatic carboxylic acids is 2. The van der Waals surface area contributed by atoms with E-state index in [1.165, 1.54) is 12.1 Å². The summed E-state index contributed by atoms with van der Waals surface area (Å²) in [6.45, 7) is 0. The topological polar surface area (TPSA) is 77.4 Å². The quantitative estimate of drug-likeness (QED) is 0.654. The van der Waals surface area contributed by atoms with E-state index in [4.69, 9.17) is 5.11 Å². The second-order valence-electron chi connectivity index (χ2n) is 3.32. The van der Waals surface area contributed by atoms with Crippen LogP contribution in [0.3, 0.4) is 0 Å². The number of hydrogen-bond donors (Lipinski definition) is 1. The van der Waals surface area contributed by atoms with E-state index in [0.29, 0.717) is 5.56 Å². The molecule has 19 heavy (non-hydrogen) atoms. The van der Waals surface area contributed by atoms with Gasteiger partial charge in [0.15, 0.2) is 0 Å². The zero-order chi connectivity index (χ0) is 13.4. The molecule has 0 fully saturated rings. The first-order chi connectivity index (χ1) is 8.61. The summed E-state index contributed by atoms with van der Waals surface area (Å²) in [5.41, 5.74) is 0.551. The summed E-state index contributed by atoms with van der Waals surface area (Å²) >= 11 is 0. The molecule has 0 aliphatic heterocycles. The Kier molecular flexibility index (Phi) is 8.02. The van der Waals surface area contributed by atoms with Crippen molar-refractivity contribution in [3.8, 4) is 0 Å². The van der Waals surface area contributed by atoms with Crippen molar-refractivity contribution >= 4 is 11.9 Å². The van der Waals surface area contributed by atoms with Crippen LogP contribution in [0.2, 0.25) is 0 Å². The third-order valence-corrected chi connectivity index (χ3v) is 2.03. The zero-order valence-electron chi connectivity index (χ0n) is 10.4. The molecule has 0 radical (unpaired) electrons. The van der Waals surface area contributed by atoms with Gasteiger partial charge in [-0.15, -0.1) is 0 Å². The minimum Gasteiger partial charge on any atom is -0.545 e. The molecule has 0 saturated heterocycles. The van der Waals surface area contributed by atoms with E-state index in [9.17, 15) is 14.7 Å². The Morgan fingerprint density at radius 1 is 0.789 bits per heavy atom. The van der Waals surface area contributed by atoms with Crippen LogP contribution in [-0.4, -0.2) is 17.0 Å². The number of carboxylic acid groups (broad SMARTS) is 2. The van der Waals surface area contributed by atoms with Crippen molar-refractivity contribution in [3.05, 3.63) is 71.8 Å². The van der Waals surface area contributed by atoms with Crippen molar-refractivity contribution < 1.29 is 38.7 Å². The van der Waals surface area contributed by atoms with Gasteiger partial charge in [0, 0.05) is 0 Å². The van der Waals surface area contributed by atoms with E-state index >= 15 is 0 Å². The summed E-state index contributed by atoms with van der Waals surface area (Å²) < 4.78 is 0. The van der Waals surface area contributed by atoms with Crippen LogP contribution < -0.4 is 24.0 Å². The minimum absolute atomic E-state index is 0. The second-order valence-corrected chi connectivity index (χ2v) is 3.32. The molecule has 0 heterocycles. The van der Waals surface area contributed by atoms with Crippen molar-refractivity contribution in [2.45, 2.75) is 0 Å². The van der Waals surface area contributed by atoms with Crippen molar-refractivity contribution in [2.75, 3.05) is 0 Å². The Balaban J connectivity index is 0.000000324. The molecule has 1 N–H and O–H groups in total. The van der Waals surface area contributed by atoms with E-state index in [-0.39, 0.29) is 24.4 Å². The average molecular weight is 250 g/mol. The van der Waals surface area contributed by atoms with Gasteiger partial charge in [0.1, 0.15) is 0 Å². The normalized spacial score (nSPS) is 8.42. The number of carbonyl (C=O) groups is 2. The van der Waals surface area contributed by atoms with Crippen LogP contribution in [0.1, 0.15) is 20.7 Å². The van der Waals surface area contributed by atoms with E-state index in [2.05, 4.69) is 0 Å².